The van der Waals surface area contributed by atoms with E-state index in [4.69, 9.17) is 5.84 Å². The van der Waals surface area contributed by atoms with Gasteiger partial charge in [-0.05, 0) is 6.92 Å². The molecule has 1 rings (SSSR count). The second-order valence-electron chi connectivity index (χ2n) is 2.09. The summed E-state index contributed by atoms with van der Waals surface area (Å²) in [7, 11) is 0. The Labute approximate surface area is 58.0 Å². The number of hydrogen-bond acceptors (Lipinski definition) is 3. The highest BCUT2D eigenvalue weighted by atomic mass is 16.1. The molecular weight excluding hydrogens is 132 g/mol. The van der Waals surface area contributed by atoms with E-state index in [0.29, 0.717) is 0 Å². The van der Waals surface area contributed by atoms with Crippen LogP contribution in [0.3, 0.4) is 0 Å². The maximum Gasteiger partial charge on any atom is 0.286 e. The summed E-state index contributed by atoms with van der Waals surface area (Å²) in [5.74, 6) is 5.34. The standard InChI is InChI=1S/C5H9N4O/c1-5(10)2-9-4-8(6)3-7-9/h3-4H,2,6H2,1H3/q+1. The van der Waals surface area contributed by atoms with Crippen molar-refractivity contribution in [1.82, 2.24) is 9.78 Å². The van der Waals surface area contributed by atoms with Crippen LogP contribution in [0.25, 0.3) is 0 Å². The third-order valence-electron chi connectivity index (χ3n) is 0.985. The van der Waals surface area contributed by atoms with E-state index >= 15 is 0 Å². The molecule has 0 unspecified atom stereocenters. The van der Waals surface area contributed by atoms with Gasteiger partial charge in [-0.15, -0.1) is 9.36 Å². The van der Waals surface area contributed by atoms with Crippen molar-refractivity contribution in [1.29, 1.82) is 0 Å². The number of nitrogens with two attached hydrogens (primary N) is 1. The van der Waals surface area contributed by atoms with Gasteiger partial charge in [-0.1, -0.05) is 0 Å². The fraction of sp³-hybridized carbons (Fsp3) is 0.400. The molecule has 1 aromatic rings. The van der Waals surface area contributed by atoms with E-state index in [-0.39, 0.29) is 12.3 Å². The van der Waals surface area contributed by atoms with E-state index in [2.05, 4.69) is 5.10 Å². The maximum atomic E-state index is 10.5. The smallest absolute Gasteiger partial charge is 0.286 e. The van der Waals surface area contributed by atoms with Crippen molar-refractivity contribution < 1.29 is 9.47 Å². The Morgan fingerprint density at radius 1 is 1.90 bits per heavy atom. The normalized spacial score (nSPS) is 9.70. The highest BCUT2D eigenvalue weighted by Gasteiger charge is 2.04. The molecule has 0 aliphatic rings. The van der Waals surface area contributed by atoms with Gasteiger partial charge in [-0.25, -0.2) is 0 Å². The minimum absolute atomic E-state index is 0.0590. The van der Waals surface area contributed by atoms with Gasteiger partial charge in [-0.2, -0.15) is 0 Å². The third-order valence-corrected chi connectivity index (χ3v) is 0.985. The molecule has 0 fully saturated rings. The van der Waals surface area contributed by atoms with Crippen LogP contribution in [0.1, 0.15) is 6.92 Å². The van der Waals surface area contributed by atoms with Gasteiger partial charge in [0.05, 0.1) is 0 Å². The van der Waals surface area contributed by atoms with Crippen LogP contribution in [0.15, 0.2) is 12.7 Å². The minimum atomic E-state index is 0.0590. The van der Waals surface area contributed by atoms with E-state index in [1.54, 1.807) is 6.33 Å². The topological polar surface area (TPSA) is 64.8 Å². The Balaban J connectivity index is 2.67. The molecule has 0 atom stereocenters. The third kappa shape index (κ3) is 1.54. The summed E-state index contributed by atoms with van der Waals surface area (Å²) < 4.78 is 2.77. The second kappa shape index (κ2) is 2.47. The van der Waals surface area contributed by atoms with E-state index < -0.39 is 0 Å². The largest absolute Gasteiger partial charge is 0.296 e. The van der Waals surface area contributed by atoms with Gasteiger partial charge in [0.2, 0.25) is 6.33 Å². The quantitative estimate of drug-likeness (QED) is 0.401. The highest BCUT2D eigenvalue weighted by molar-refractivity contribution is 5.75. The lowest BCUT2D eigenvalue weighted by atomic mass is 10.5. The molecule has 54 valence electrons. The fourth-order valence-electron chi connectivity index (χ4n) is 0.649. The van der Waals surface area contributed by atoms with Crippen molar-refractivity contribution in [2.45, 2.75) is 13.5 Å². The zero-order valence-electron chi connectivity index (χ0n) is 5.69. The Hall–Kier alpha value is -1.39. The average molecular weight is 141 g/mol. The summed E-state index contributed by atoms with van der Waals surface area (Å²) in [6, 6.07) is 0. The number of nitrogens with zero attached hydrogens (tertiary/aromatic N) is 3. The molecule has 1 heterocycles. The monoisotopic (exact) mass is 141 g/mol. The predicted molar refractivity (Wildman–Crippen MR) is 33.3 cm³/mol. The van der Waals surface area contributed by atoms with Crippen LogP contribution < -0.4 is 10.5 Å². The van der Waals surface area contributed by atoms with E-state index in [1.807, 2.05) is 0 Å². The lowest BCUT2D eigenvalue weighted by Gasteiger charge is -1.83. The van der Waals surface area contributed by atoms with Crippen LogP contribution >= 0.6 is 0 Å². The number of nitrogen functional groups attached to an aromatic ring is 1. The fourth-order valence-corrected chi connectivity index (χ4v) is 0.649. The number of rotatable bonds is 2. The SMILES string of the molecule is CC(=O)Cn1c[n+](N)cn1. The van der Waals surface area contributed by atoms with Crippen LogP contribution in [0, 0.1) is 0 Å². The molecule has 0 spiro atoms. The molecule has 5 nitrogen and oxygen atoms in total. The molecule has 0 aliphatic carbocycles. The molecule has 0 saturated carbocycles. The lowest BCUT2D eigenvalue weighted by Crippen LogP contribution is -2.42. The Kier molecular flexibility index (Phi) is 1.66. The highest BCUT2D eigenvalue weighted by Crippen LogP contribution is 1.77. The molecule has 0 aromatic carbocycles. The van der Waals surface area contributed by atoms with E-state index in [0.717, 1.165) is 0 Å². The number of Topliss-reactive ketones (excluding diaryl/α,β-unsaturated/α-hetero) is 1. The first-order valence-corrected chi connectivity index (χ1v) is 2.86. The van der Waals surface area contributed by atoms with Crippen molar-refractivity contribution >= 4 is 5.78 Å². The van der Waals surface area contributed by atoms with Crippen molar-refractivity contribution in [3.05, 3.63) is 12.7 Å². The molecule has 2 N–H and O–H groups in total. The molecular formula is C5H9N4O+. The summed E-state index contributed by atoms with van der Waals surface area (Å²) in [5, 5.41) is 3.79. The average Bonchev–Trinajstić information content (AvgIpc) is 2.13. The van der Waals surface area contributed by atoms with Gasteiger partial charge in [0.15, 0.2) is 12.3 Å². The second-order valence-corrected chi connectivity index (χ2v) is 2.09. The van der Waals surface area contributed by atoms with Gasteiger partial charge in [0.1, 0.15) is 0 Å². The minimum Gasteiger partial charge on any atom is -0.296 e. The predicted octanol–water partition coefficient (Wildman–Crippen LogP) is -1.53. The van der Waals surface area contributed by atoms with Gasteiger partial charge in [0, 0.05) is 5.10 Å². The van der Waals surface area contributed by atoms with Crippen LogP contribution in [-0.4, -0.2) is 15.6 Å². The Morgan fingerprint density at radius 2 is 2.60 bits per heavy atom. The Morgan fingerprint density at radius 3 is 3.00 bits per heavy atom. The molecule has 5 heteroatoms. The molecule has 0 saturated heterocycles. The van der Waals surface area contributed by atoms with Gasteiger partial charge < -0.3 is 0 Å². The summed E-state index contributed by atoms with van der Waals surface area (Å²) >= 11 is 0. The summed E-state index contributed by atoms with van der Waals surface area (Å²) in [6.07, 6.45) is 2.98. The first-order chi connectivity index (χ1) is 4.68. The van der Waals surface area contributed by atoms with Crippen LogP contribution in [0.5, 0.6) is 0 Å². The lowest BCUT2D eigenvalue weighted by molar-refractivity contribution is -0.639. The summed E-state index contributed by atoms with van der Waals surface area (Å²) in [4.78, 5) is 10.5. The number of aromatic nitrogens is 3. The molecule has 0 bridgehead atoms. The van der Waals surface area contributed by atoms with E-state index in [1.165, 1.54) is 22.6 Å². The number of carbonyl (C=O) groups is 1. The molecule has 10 heavy (non-hydrogen) atoms. The maximum absolute atomic E-state index is 10.5. The van der Waals surface area contributed by atoms with Crippen molar-refractivity contribution in [3.63, 3.8) is 0 Å². The zero-order valence-corrected chi connectivity index (χ0v) is 5.69. The molecule has 0 aliphatic heterocycles. The molecule has 1 aromatic heterocycles. The van der Waals surface area contributed by atoms with Crippen molar-refractivity contribution in [2.75, 3.05) is 5.84 Å². The van der Waals surface area contributed by atoms with Crippen molar-refractivity contribution in [3.8, 4) is 0 Å². The number of hydrogen-bond donors (Lipinski definition) is 1. The Bertz CT molecular complexity index is 242. The van der Waals surface area contributed by atoms with E-state index in [9.17, 15) is 4.79 Å². The first-order valence-electron chi connectivity index (χ1n) is 2.86. The number of ketones is 1. The zero-order chi connectivity index (χ0) is 7.56. The van der Waals surface area contributed by atoms with Crippen LogP contribution in [0.4, 0.5) is 0 Å². The summed E-state index contributed by atoms with van der Waals surface area (Å²) in [6.45, 7) is 1.78. The van der Waals surface area contributed by atoms with Gasteiger partial charge in [0.25, 0.3) is 6.33 Å². The molecule has 0 amide bonds. The first kappa shape index (κ1) is 6.73. The van der Waals surface area contributed by atoms with Crippen LogP contribution in [-0.2, 0) is 11.3 Å². The summed E-state index contributed by atoms with van der Waals surface area (Å²) in [5.41, 5.74) is 0. The van der Waals surface area contributed by atoms with Crippen molar-refractivity contribution in [2.24, 2.45) is 0 Å². The molecule has 0 radical (unpaired) electrons. The van der Waals surface area contributed by atoms with Gasteiger partial charge >= 0.3 is 0 Å². The number of carbonyl (C=O) groups excluding carboxylic acids is 1. The van der Waals surface area contributed by atoms with Gasteiger partial charge in [-0.3, -0.25) is 10.6 Å². The van der Waals surface area contributed by atoms with Crippen LogP contribution in [0.2, 0.25) is 0 Å².